The van der Waals surface area contributed by atoms with E-state index < -0.39 is 0 Å². The van der Waals surface area contributed by atoms with Crippen LogP contribution in [0.3, 0.4) is 0 Å². The summed E-state index contributed by atoms with van der Waals surface area (Å²) in [6.07, 6.45) is 2.69. The monoisotopic (exact) mass is 373 g/mol. The van der Waals surface area contributed by atoms with Gasteiger partial charge in [0.2, 0.25) is 0 Å². The van der Waals surface area contributed by atoms with Crippen molar-refractivity contribution in [2.24, 2.45) is 0 Å². The molecule has 6 nitrogen and oxygen atoms in total. The fourth-order valence-corrected chi connectivity index (χ4v) is 3.00. The third-order valence-electron chi connectivity index (χ3n) is 4.08. The first-order valence-corrected chi connectivity index (χ1v) is 8.51. The van der Waals surface area contributed by atoms with Crippen LogP contribution in [0.2, 0.25) is 5.02 Å². The highest BCUT2D eigenvalue weighted by molar-refractivity contribution is 6.32. The van der Waals surface area contributed by atoms with Gasteiger partial charge in [0.05, 0.1) is 24.9 Å². The standard InChI is InChI=1S/C19H20ClN3O3/c1-25-17-10-16(18(26-2)9-14(17)20)23-19(24)21-8-7-12-11-22-15-6-4-3-5-13(12)15/h3-6,9-11,22H,7-8H2,1-2H3,(H2,21,23,24). The highest BCUT2D eigenvalue weighted by atomic mass is 35.5. The summed E-state index contributed by atoms with van der Waals surface area (Å²) < 4.78 is 10.4. The molecule has 3 N–H and O–H groups in total. The third-order valence-corrected chi connectivity index (χ3v) is 4.37. The van der Waals surface area contributed by atoms with Gasteiger partial charge in [-0.25, -0.2) is 4.79 Å². The second-order valence-corrected chi connectivity index (χ2v) is 6.08. The van der Waals surface area contributed by atoms with Gasteiger partial charge in [-0.3, -0.25) is 0 Å². The molecule has 0 aliphatic rings. The zero-order valence-electron chi connectivity index (χ0n) is 14.6. The van der Waals surface area contributed by atoms with Crippen LogP contribution in [-0.2, 0) is 6.42 Å². The lowest BCUT2D eigenvalue weighted by Crippen LogP contribution is -2.30. The number of carbonyl (C=O) groups excluding carboxylic acids is 1. The summed E-state index contributed by atoms with van der Waals surface area (Å²) in [5.74, 6) is 0.920. The molecular weight excluding hydrogens is 354 g/mol. The van der Waals surface area contributed by atoms with Crippen LogP contribution in [0.5, 0.6) is 11.5 Å². The van der Waals surface area contributed by atoms with Crippen molar-refractivity contribution in [2.75, 3.05) is 26.1 Å². The number of fused-ring (bicyclic) bond motifs is 1. The molecule has 0 unspecified atom stereocenters. The maximum absolute atomic E-state index is 12.2. The molecule has 26 heavy (non-hydrogen) atoms. The molecule has 0 radical (unpaired) electrons. The van der Waals surface area contributed by atoms with Gasteiger partial charge in [0, 0.05) is 35.8 Å². The number of hydrogen-bond acceptors (Lipinski definition) is 3. The van der Waals surface area contributed by atoms with E-state index in [0.29, 0.717) is 28.8 Å². The van der Waals surface area contributed by atoms with Crippen molar-refractivity contribution in [2.45, 2.75) is 6.42 Å². The Bertz CT molecular complexity index is 924. The minimum Gasteiger partial charge on any atom is -0.495 e. The lowest BCUT2D eigenvalue weighted by atomic mass is 10.1. The van der Waals surface area contributed by atoms with E-state index in [1.807, 2.05) is 24.4 Å². The highest BCUT2D eigenvalue weighted by Gasteiger charge is 2.12. The Hall–Kier alpha value is -2.86. The molecule has 136 valence electrons. The van der Waals surface area contributed by atoms with Crippen molar-refractivity contribution in [1.82, 2.24) is 10.3 Å². The molecule has 0 bridgehead atoms. The first kappa shape index (κ1) is 17.9. The fourth-order valence-electron chi connectivity index (χ4n) is 2.77. The first-order valence-electron chi connectivity index (χ1n) is 8.13. The van der Waals surface area contributed by atoms with E-state index in [0.717, 1.165) is 17.5 Å². The zero-order valence-corrected chi connectivity index (χ0v) is 15.3. The van der Waals surface area contributed by atoms with Crippen LogP contribution < -0.4 is 20.1 Å². The molecule has 3 rings (SSSR count). The molecule has 0 aliphatic carbocycles. The van der Waals surface area contributed by atoms with E-state index in [2.05, 4.69) is 21.7 Å². The number of H-pyrrole nitrogens is 1. The normalized spacial score (nSPS) is 10.6. The maximum Gasteiger partial charge on any atom is 0.319 e. The summed E-state index contributed by atoms with van der Waals surface area (Å²) in [5.41, 5.74) is 2.73. The zero-order chi connectivity index (χ0) is 18.5. The average molecular weight is 374 g/mol. The highest BCUT2D eigenvalue weighted by Crippen LogP contribution is 2.35. The summed E-state index contributed by atoms with van der Waals surface area (Å²) in [4.78, 5) is 15.4. The number of aromatic amines is 1. The van der Waals surface area contributed by atoms with Crippen molar-refractivity contribution in [3.05, 3.63) is 53.2 Å². The summed E-state index contributed by atoms with van der Waals surface area (Å²) in [7, 11) is 3.02. The van der Waals surface area contributed by atoms with Gasteiger partial charge in [-0.2, -0.15) is 0 Å². The summed E-state index contributed by atoms with van der Waals surface area (Å²) in [6, 6.07) is 11.0. The van der Waals surface area contributed by atoms with Crippen LogP contribution in [0.1, 0.15) is 5.56 Å². The number of nitrogens with one attached hydrogen (secondary N) is 3. The molecule has 0 aliphatic heterocycles. The molecule has 1 heterocycles. The molecule has 1 aromatic heterocycles. The number of ether oxygens (including phenoxy) is 2. The van der Waals surface area contributed by atoms with Crippen molar-refractivity contribution in [3.8, 4) is 11.5 Å². The molecule has 0 saturated heterocycles. The number of benzene rings is 2. The number of rotatable bonds is 6. The predicted molar refractivity (Wildman–Crippen MR) is 104 cm³/mol. The molecule has 0 atom stereocenters. The SMILES string of the molecule is COc1cc(NC(=O)NCCc2c[nH]c3ccccc23)c(OC)cc1Cl. The molecule has 2 amide bonds. The average Bonchev–Trinajstić information content (AvgIpc) is 3.06. The number of aromatic nitrogens is 1. The summed E-state index contributed by atoms with van der Waals surface area (Å²) >= 11 is 6.07. The maximum atomic E-state index is 12.2. The number of anilines is 1. The van der Waals surface area contributed by atoms with E-state index in [4.69, 9.17) is 21.1 Å². The second kappa shape index (κ2) is 8.01. The number of urea groups is 1. The van der Waals surface area contributed by atoms with E-state index in [-0.39, 0.29) is 6.03 Å². The Balaban J connectivity index is 1.61. The van der Waals surface area contributed by atoms with Crippen molar-refractivity contribution < 1.29 is 14.3 Å². The van der Waals surface area contributed by atoms with Crippen LogP contribution in [0.15, 0.2) is 42.6 Å². The largest absolute Gasteiger partial charge is 0.495 e. The third kappa shape index (κ3) is 3.86. The van der Waals surface area contributed by atoms with Crippen molar-refractivity contribution >= 4 is 34.2 Å². The summed E-state index contributed by atoms with van der Waals surface area (Å²) in [6.45, 7) is 0.501. The van der Waals surface area contributed by atoms with Gasteiger partial charge in [-0.1, -0.05) is 29.8 Å². The van der Waals surface area contributed by atoms with Crippen LogP contribution in [0, 0.1) is 0 Å². The van der Waals surface area contributed by atoms with Crippen LogP contribution >= 0.6 is 11.6 Å². The topological polar surface area (TPSA) is 75.4 Å². The van der Waals surface area contributed by atoms with Gasteiger partial charge < -0.3 is 25.1 Å². The number of para-hydroxylation sites is 1. The minimum atomic E-state index is -0.326. The second-order valence-electron chi connectivity index (χ2n) is 5.68. The van der Waals surface area contributed by atoms with E-state index in [1.54, 1.807) is 12.1 Å². The Kier molecular flexibility index (Phi) is 5.53. The van der Waals surface area contributed by atoms with Gasteiger partial charge in [-0.05, 0) is 18.1 Å². The van der Waals surface area contributed by atoms with Gasteiger partial charge in [0.1, 0.15) is 11.5 Å². The Morgan fingerprint density at radius 1 is 1.15 bits per heavy atom. The molecule has 0 spiro atoms. The van der Waals surface area contributed by atoms with E-state index in [1.165, 1.54) is 19.6 Å². The van der Waals surface area contributed by atoms with Gasteiger partial charge in [-0.15, -0.1) is 0 Å². The molecular formula is C19H20ClN3O3. The fraction of sp³-hybridized carbons (Fsp3) is 0.211. The molecule has 3 aromatic rings. The van der Waals surface area contributed by atoms with Gasteiger partial charge >= 0.3 is 6.03 Å². The number of halogens is 1. The van der Waals surface area contributed by atoms with E-state index in [9.17, 15) is 4.79 Å². The lowest BCUT2D eigenvalue weighted by Gasteiger charge is -2.13. The Morgan fingerprint density at radius 3 is 2.69 bits per heavy atom. The Morgan fingerprint density at radius 2 is 1.92 bits per heavy atom. The molecule has 2 aromatic carbocycles. The van der Waals surface area contributed by atoms with Crippen LogP contribution in [0.4, 0.5) is 10.5 Å². The van der Waals surface area contributed by atoms with E-state index >= 15 is 0 Å². The predicted octanol–water partition coefficient (Wildman–Crippen LogP) is 4.20. The molecule has 7 heteroatoms. The number of amides is 2. The molecule has 0 fully saturated rings. The lowest BCUT2D eigenvalue weighted by molar-refractivity contribution is 0.252. The molecule has 0 saturated carbocycles. The smallest absolute Gasteiger partial charge is 0.319 e. The number of carbonyl (C=O) groups is 1. The number of methoxy groups -OCH3 is 2. The van der Waals surface area contributed by atoms with Crippen molar-refractivity contribution in [3.63, 3.8) is 0 Å². The summed E-state index contributed by atoms with van der Waals surface area (Å²) in [5, 5.41) is 7.18. The number of hydrogen-bond donors (Lipinski definition) is 3. The van der Waals surface area contributed by atoms with Crippen LogP contribution in [0.25, 0.3) is 10.9 Å². The quantitative estimate of drug-likeness (QED) is 0.606. The van der Waals surface area contributed by atoms with Crippen LogP contribution in [-0.4, -0.2) is 31.8 Å². The Labute approximate surface area is 156 Å². The van der Waals surface area contributed by atoms with Crippen molar-refractivity contribution in [1.29, 1.82) is 0 Å². The first-order chi connectivity index (χ1) is 12.6. The van der Waals surface area contributed by atoms with Gasteiger partial charge in [0.15, 0.2) is 0 Å². The minimum absolute atomic E-state index is 0.326. The van der Waals surface area contributed by atoms with Gasteiger partial charge in [0.25, 0.3) is 0 Å².